The number of hydrogen-bond donors (Lipinski definition) is 0. The van der Waals surface area contributed by atoms with E-state index >= 15 is 0 Å². The van der Waals surface area contributed by atoms with Gasteiger partial charge in [-0.3, -0.25) is 4.79 Å². The molecule has 0 bridgehead atoms. The van der Waals surface area contributed by atoms with E-state index in [-0.39, 0.29) is 5.78 Å². The first-order chi connectivity index (χ1) is 12.8. The zero-order valence-electron chi connectivity index (χ0n) is 13.9. The molecule has 0 fully saturated rings. The van der Waals surface area contributed by atoms with E-state index in [1.165, 1.54) is 0 Å². The normalized spacial score (nSPS) is 11.1. The summed E-state index contributed by atoms with van der Waals surface area (Å²) in [6.07, 6.45) is 14.1. The van der Waals surface area contributed by atoms with Crippen molar-refractivity contribution in [3.63, 3.8) is 0 Å². The molecule has 0 aliphatic rings. The fourth-order valence-electron chi connectivity index (χ4n) is 2.65. The Morgan fingerprint density at radius 1 is 0.769 bits per heavy atom. The van der Waals surface area contributed by atoms with Crippen LogP contribution in [-0.4, -0.2) is 24.9 Å². The summed E-state index contributed by atoms with van der Waals surface area (Å²) in [5.74, 6) is -0.0270. The maximum atomic E-state index is 12.4. The van der Waals surface area contributed by atoms with Crippen LogP contribution in [0.3, 0.4) is 0 Å². The summed E-state index contributed by atoms with van der Waals surface area (Å²) in [4.78, 5) is 20.4. The molecule has 2 aromatic carbocycles. The second-order valence-electron chi connectivity index (χ2n) is 5.78. The van der Waals surface area contributed by atoms with Crippen molar-refractivity contribution < 1.29 is 4.79 Å². The first-order valence-electron chi connectivity index (χ1n) is 8.19. The molecule has 0 aliphatic carbocycles. The zero-order valence-corrected chi connectivity index (χ0v) is 13.9. The molecular weight excluding hydrogens is 324 g/mol. The van der Waals surface area contributed by atoms with Crippen molar-refractivity contribution in [2.75, 3.05) is 0 Å². The molecule has 26 heavy (non-hydrogen) atoms. The minimum absolute atomic E-state index is 0.0270. The molecule has 126 valence electrons. The molecule has 0 spiro atoms. The summed E-state index contributed by atoms with van der Waals surface area (Å²) in [6, 6.07) is 15.4. The largest absolute Gasteiger partial charge is 0.306 e. The van der Waals surface area contributed by atoms with E-state index in [0.29, 0.717) is 5.56 Å². The number of allylic oxidation sites excluding steroid dienone is 1. The van der Waals surface area contributed by atoms with Crippen LogP contribution >= 0.6 is 0 Å². The summed E-state index contributed by atoms with van der Waals surface area (Å²) in [5.41, 5.74) is 3.62. The summed E-state index contributed by atoms with van der Waals surface area (Å²) >= 11 is 0. The van der Waals surface area contributed by atoms with Gasteiger partial charge in [-0.1, -0.05) is 18.2 Å². The Kier molecular flexibility index (Phi) is 4.26. The monoisotopic (exact) mass is 340 g/mol. The van der Waals surface area contributed by atoms with Crippen LogP contribution in [0.15, 0.2) is 92.0 Å². The van der Waals surface area contributed by atoms with Gasteiger partial charge >= 0.3 is 0 Å². The maximum absolute atomic E-state index is 12.4. The van der Waals surface area contributed by atoms with Gasteiger partial charge in [0.1, 0.15) is 0 Å². The van der Waals surface area contributed by atoms with E-state index in [4.69, 9.17) is 0 Å². The smallest absolute Gasteiger partial charge is 0.185 e. The van der Waals surface area contributed by atoms with Gasteiger partial charge in [-0.05, 0) is 48.0 Å². The van der Waals surface area contributed by atoms with Gasteiger partial charge in [-0.25, -0.2) is 9.97 Å². The van der Waals surface area contributed by atoms with E-state index in [2.05, 4.69) is 9.97 Å². The molecule has 0 saturated carbocycles. The molecule has 5 nitrogen and oxygen atoms in total. The first-order valence-corrected chi connectivity index (χ1v) is 8.19. The number of carbonyl (C=O) groups is 1. The highest BCUT2D eigenvalue weighted by Gasteiger charge is 2.03. The van der Waals surface area contributed by atoms with Crippen LogP contribution in [0, 0.1) is 0 Å². The topological polar surface area (TPSA) is 52.7 Å². The predicted molar refractivity (Wildman–Crippen MR) is 100 cm³/mol. The van der Waals surface area contributed by atoms with Crippen molar-refractivity contribution in [3.8, 4) is 11.4 Å². The number of nitrogens with zero attached hydrogens (tertiary/aromatic N) is 4. The standard InChI is InChI=1S/C21H16N4O/c26-21(18-4-8-20(9-5-18)25-14-12-23-16-25)10-3-17-1-6-19(7-2-17)24-13-11-22-15-24/h1-16H/b10-3+. The Balaban J connectivity index is 1.45. The Hall–Kier alpha value is -3.73. The molecule has 4 rings (SSSR count). The van der Waals surface area contributed by atoms with E-state index in [1.807, 2.05) is 76.1 Å². The SMILES string of the molecule is O=C(/C=C/c1ccc(-n2ccnc2)cc1)c1ccc(-n2ccnc2)cc1. The average molecular weight is 340 g/mol. The highest BCUT2D eigenvalue weighted by atomic mass is 16.1. The van der Waals surface area contributed by atoms with E-state index in [9.17, 15) is 4.79 Å². The number of benzene rings is 2. The van der Waals surface area contributed by atoms with E-state index in [0.717, 1.165) is 16.9 Å². The molecular formula is C21H16N4O. The second kappa shape index (κ2) is 7.03. The van der Waals surface area contributed by atoms with E-state index < -0.39 is 0 Å². The average Bonchev–Trinajstić information content (AvgIpc) is 3.40. The summed E-state index contributed by atoms with van der Waals surface area (Å²) in [6.45, 7) is 0. The van der Waals surface area contributed by atoms with Gasteiger partial charge in [0.15, 0.2) is 5.78 Å². The third kappa shape index (κ3) is 3.37. The number of carbonyl (C=O) groups excluding carboxylic acids is 1. The lowest BCUT2D eigenvalue weighted by atomic mass is 10.1. The number of imidazole rings is 2. The predicted octanol–water partition coefficient (Wildman–Crippen LogP) is 3.95. The number of hydrogen-bond acceptors (Lipinski definition) is 3. The fourth-order valence-corrected chi connectivity index (χ4v) is 2.65. The first kappa shape index (κ1) is 15.8. The minimum atomic E-state index is -0.0270. The lowest BCUT2D eigenvalue weighted by Gasteiger charge is -2.03. The summed E-state index contributed by atoms with van der Waals surface area (Å²) < 4.78 is 3.83. The Morgan fingerprint density at radius 3 is 1.81 bits per heavy atom. The van der Waals surface area contributed by atoms with Crippen LogP contribution in [0.1, 0.15) is 15.9 Å². The minimum Gasteiger partial charge on any atom is -0.306 e. The number of aromatic nitrogens is 4. The Morgan fingerprint density at radius 2 is 1.31 bits per heavy atom. The van der Waals surface area contributed by atoms with Gasteiger partial charge in [-0.2, -0.15) is 0 Å². The molecule has 0 atom stereocenters. The van der Waals surface area contributed by atoms with Gasteiger partial charge in [0.05, 0.1) is 12.7 Å². The maximum Gasteiger partial charge on any atom is 0.185 e. The second-order valence-corrected chi connectivity index (χ2v) is 5.78. The van der Waals surface area contributed by atoms with Gasteiger partial charge < -0.3 is 9.13 Å². The van der Waals surface area contributed by atoms with Gasteiger partial charge in [0.25, 0.3) is 0 Å². The molecule has 2 aromatic heterocycles. The third-order valence-electron chi connectivity index (χ3n) is 4.08. The van der Waals surface area contributed by atoms with Crippen molar-refractivity contribution in [2.45, 2.75) is 0 Å². The van der Waals surface area contributed by atoms with Crippen molar-refractivity contribution in [1.82, 2.24) is 19.1 Å². The molecule has 5 heteroatoms. The lowest BCUT2D eigenvalue weighted by molar-refractivity contribution is 0.104. The van der Waals surface area contributed by atoms with Crippen LogP contribution in [0.5, 0.6) is 0 Å². The molecule has 0 saturated heterocycles. The van der Waals surface area contributed by atoms with Crippen molar-refractivity contribution in [3.05, 3.63) is 103 Å². The number of rotatable bonds is 5. The summed E-state index contributed by atoms with van der Waals surface area (Å²) in [7, 11) is 0. The summed E-state index contributed by atoms with van der Waals surface area (Å²) in [5, 5.41) is 0. The molecule has 0 amide bonds. The van der Waals surface area contributed by atoms with Crippen molar-refractivity contribution in [2.24, 2.45) is 0 Å². The molecule has 4 aromatic rings. The van der Waals surface area contributed by atoms with Crippen LogP contribution in [-0.2, 0) is 0 Å². The molecule has 2 heterocycles. The zero-order chi connectivity index (χ0) is 17.8. The highest BCUT2D eigenvalue weighted by Crippen LogP contribution is 2.13. The van der Waals surface area contributed by atoms with Gasteiger partial charge in [-0.15, -0.1) is 0 Å². The number of ketones is 1. The van der Waals surface area contributed by atoms with Gasteiger partial charge in [0, 0.05) is 41.7 Å². The van der Waals surface area contributed by atoms with Crippen molar-refractivity contribution in [1.29, 1.82) is 0 Å². The van der Waals surface area contributed by atoms with Crippen LogP contribution < -0.4 is 0 Å². The van der Waals surface area contributed by atoms with Crippen LogP contribution in [0.4, 0.5) is 0 Å². The third-order valence-corrected chi connectivity index (χ3v) is 4.08. The Labute approximate surface area is 150 Å². The van der Waals surface area contributed by atoms with E-state index in [1.54, 1.807) is 31.1 Å². The fraction of sp³-hybridized carbons (Fsp3) is 0. The molecule has 0 unspecified atom stereocenters. The van der Waals surface area contributed by atoms with Crippen molar-refractivity contribution >= 4 is 11.9 Å². The van der Waals surface area contributed by atoms with Gasteiger partial charge in [0.2, 0.25) is 0 Å². The Bertz CT molecular complexity index is 1010. The molecule has 0 N–H and O–H groups in total. The molecule has 0 aliphatic heterocycles. The van der Waals surface area contributed by atoms with Crippen LogP contribution in [0.25, 0.3) is 17.5 Å². The highest BCUT2D eigenvalue weighted by molar-refractivity contribution is 6.06. The molecule has 0 radical (unpaired) electrons. The lowest BCUT2D eigenvalue weighted by Crippen LogP contribution is -1.96. The van der Waals surface area contributed by atoms with Crippen LogP contribution in [0.2, 0.25) is 0 Å². The quantitative estimate of drug-likeness (QED) is 0.408.